The fourth-order valence-electron chi connectivity index (χ4n) is 1.17. The molecule has 0 heterocycles. The Kier molecular flexibility index (Phi) is 8.56. The summed E-state index contributed by atoms with van der Waals surface area (Å²) in [4.78, 5) is 34.8. The number of rotatable bonds is 8. The highest BCUT2D eigenvalue weighted by molar-refractivity contribution is 6.25. The van der Waals surface area contributed by atoms with Gasteiger partial charge in [-0.25, -0.2) is 0 Å². The number of carbonyl (C=O) groups excluding carboxylic acids is 3. The second kappa shape index (κ2) is 9.65. The zero-order chi connectivity index (χ0) is 15.5. The standard InChI is InChI=1S/C10H12ClN3O6/c1-6(16)18-4-9(19-5-15)10(20-7(2)17)8(3-11)13-14-12/h3,5,9-10H,4H2,1-2H3/b8-3-/t9-,10+/m1/s1. The third kappa shape index (κ3) is 6.62. The molecule has 0 rings (SSSR count). The summed E-state index contributed by atoms with van der Waals surface area (Å²) in [7, 11) is 0. The maximum absolute atomic E-state index is 11.0. The van der Waals surface area contributed by atoms with E-state index in [1.807, 2.05) is 0 Å². The van der Waals surface area contributed by atoms with Gasteiger partial charge in [0.1, 0.15) is 6.61 Å². The van der Waals surface area contributed by atoms with E-state index in [2.05, 4.69) is 19.5 Å². The molecule has 0 bridgehead atoms. The van der Waals surface area contributed by atoms with E-state index < -0.39 is 30.8 Å². The summed E-state index contributed by atoms with van der Waals surface area (Å²) >= 11 is 5.46. The minimum Gasteiger partial charge on any atom is -0.462 e. The van der Waals surface area contributed by atoms with Gasteiger partial charge in [0.15, 0.2) is 12.2 Å². The molecule has 0 aliphatic heterocycles. The molecule has 9 nitrogen and oxygen atoms in total. The van der Waals surface area contributed by atoms with E-state index in [0.29, 0.717) is 0 Å². The number of halogens is 1. The van der Waals surface area contributed by atoms with Crippen molar-refractivity contribution in [1.82, 2.24) is 0 Å². The van der Waals surface area contributed by atoms with E-state index in [4.69, 9.17) is 21.9 Å². The van der Waals surface area contributed by atoms with Gasteiger partial charge in [-0.15, -0.1) is 0 Å². The van der Waals surface area contributed by atoms with Gasteiger partial charge >= 0.3 is 11.9 Å². The van der Waals surface area contributed by atoms with E-state index in [1.54, 1.807) is 0 Å². The molecule has 0 unspecified atom stereocenters. The van der Waals surface area contributed by atoms with Crippen LogP contribution >= 0.6 is 11.6 Å². The van der Waals surface area contributed by atoms with Gasteiger partial charge in [0, 0.05) is 24.3 Å². The second-order valence-corrected chi connectivity index (χ2v) is 3.55. The number of carbonyl (C=O) groups is 3. The summed E-state index contributed by atoms with van der Waals surface area (Å²) in [5.41, 5.74) is 9.06. The van der Waals surface area contributed by atoms with Crippen molar-refractivity contribution < 1.29 is 28.6 Å². The molecule has 0 amide bonds. The lowest BCUT2D eigenvalue weighted by molar-refractivity contribution is -0.164. The Morgan fingerprint density at radius 2 is 2.05 bits per heavy atom. The van der Waals surface area contributed by atoms with E-state index in [1.165, 1.54) is 0 Å². The fourth-order valence-corrected chi connectivity index (χ4v) is 1.33. The zero-order valence-electron chi connectivity index (χ0n) is 10.7. The number of hydrogen-bond acceptors (Lipinski definition) is 7. The molecule has 0 saturated carbocycles. The maximum atomic E-state index is 11.0. The lowest BCUT2D eigenvalue weighted by atomic mass is 10.1. The van der Waals surface area contributed by atoms with Gasteiger partial charge in [-0.1, -0.05) is 16.7 Å². The Morgan fingerprint density at radius 3 is 2.45 bits per heavy atom. The number of nitrogens with zero attached hydrogens (tertiary/aromatic N) is 3. The average Bonchev–Trinajstić information content (AvgIpc) is 2.38. The third-order valence-corrected chi connectivity index (χ3v) is 2.10. The molecule has 0 aromatic carbocycles. The Labute approximate surface area is 119 Å². The summed E-state index contributed by atoms with van der Waals surface area (Å²) in [6, 6.07) is 0. The van der Waals surface area contributed by atoms with Gasteiger partial charge < -0.3 is 14.2 Å². The van der Waals surface area contributed by atoms with Gasteiger partial charge in [0.05, 0.1) is 5.70 Å². The quantitative estimate of drug-likeness (QED) is 0.166. The first-order valence-corrected chi connectivity index (χ1v) is 5.65. The molecule has 0 fully saturated rings. The summed E-state index contributed by atoms with van der Waals surface area (Å²) in [6.45, 7) is 1.91. The summed E-state index contributed by atoms with van der Waals surface area (Å²) in [5, 5.41) is 3.22. The monoisotopic (exact) mass is 305 g/mol. The smallest absolute Gasteiger partial charge is 0.303 e. The molecule has 0 aromatic rings. The Bertz CT molecular complexity index is 446. The van der Waals surface area contributed by atoms with Crippen LogP contribution in [0.15, 0.2) is 16.3 Å². The lowest BCUT2D eigenvalue weighted by Crippen LogP contribution is -2.38. The highest BCUT2D eigenvalue weighted by Gasteiger charge is 2.30. The molecule has 0 N–H and O–H groups in total. The molecule has 0 spiro atoms. The van der Waals surface area contributed by atoms with Crippen molar-refractivity contribution in [2.75, 3.05) is 6.61 Å². The molecule has 0 aliphatic rings. The van der Waals surface area contributed by atoms with Crippen molar-refractivity contribution in [2.24, 2.45) is 5.11 Å². The van der Waals surface area contributed by atoms with Crippen LogP contribution in [0.5, 0.6) is 0 Å². The molecule has 0 aliphatic carbocycles. The first-order valence-electron chi connectivity index (χ1n) is 5.21. The van der Waals surface area contributed by atoms with Gasteiger partial charge in [0.2, 0.25) is 0 Å². The van der Waals surface area contributed by atoms with E-state index >= 15 is 0 Å². The molecule has 2 atom stereocenters. The Morgan fingerprint density at radius 1 is 1.40 bits per heavy atom. The van der Waals surface area contributed by atoms with Gasteiger partial charge in [-0.05, 0) is 5.53 Å². The first kappa shape index (κ1) is 17.8. The molecule has 0 aromatic heterocycles. The van der Waals surface area contributed by atoms with Crippen molar-refractivity contribution in [3.63, 3.8) is 0 Å². The molecule has 0 radical (unpaired) electrons. The predicted octanol–water partition coefficient (Wildman–Crippen LogP) is 1.41. The third-order valence-electron chi connectivity index (χ3n) is 1.88. The predicted molar refractivity (Wildman–Crippen MR) is 66.2 cm³/mol. The van der Waals surface area contributed by atoms with Crippen molar-refractivity contribution >= 4 is 30.0 Å². The van der Waals surface area contributed by atoms with Crippen LogP contribution in [-0.2, 0) is 28.6 Å². The Hall–Kier alpha value is -2.25. The summed E-state index contributed by atoms with van der Waals surface area (Å²) < 4.78 is 14.2. The number of hydrogen-bond donors (Lipinski definition) is 0. The molecule has 20 heavy (non-hydrogen) atoms. The molecular weight excluding hydrogens is 294 g/mol. The van der Waals surface area contributed by atoms with Crippen LogP contribution in [0.3, 0.4) is 0 Å². The zero-order valence-corrected chi connectivity index (χ0v) is 11.4. The van der Waals surface area contributed by atoms with Gasteiger partial charge in [-0.2, -0.15) is 0 Å². The minimum absolute atomic E-state index is 0.0760. The van der Waals surface area contributed by atoms with Crippen LogP contribution < -0.4 is 0 Å². The van der Waals surface area contributed by atoms with Crippen molar-refractivity contribution in [3.8, 4) is 0 Å². The lowest BCUT2D eigenvalue weighted by Gasteiger charge is -2.24. The average molecular weight is 306 g/mol. The first-order chi connectivity index (χ1) is 9.46. The summed E-state index contributed by atoms with van der Waals surface area (Å²) in [5.74, 6) is -1.37. The highest BCUT2D eigenvalue weighted by Crippen LogP contribution is 2.18. The number of esters is 2. The van der Waals surface area contributed by atoms with Gasteiger partial charge in [0.25, 0.3) is 6.47 Å². The largest absolute Gasteiger partial charge is 0.462 e. The Balaban J connectivity index is 5.27. The van der Waals surface area contributed by atoms with Crippen molar-refractivity contribution in [2.45, 2.75) is 26.1 Å². The van der Waals surface area contributed by atoms with Crippen LogP contribution in [0.4, 0.5) is 0 Å². The minimum atomic E-state index is -1.30. The fraction of sp³-hybridized carbons (Fsp3) is 0.500. The van der Waals surface area contributed by atoms with E-state index in [-0.39, 0.29) is 12.2 Å². The number of azide groups is 1. The molecular formula is C10H12ClN3O6. The number of ether oxygens (including phenoxy) is 3. The van der Waals surface area contributed by atoms with Crippen LogP contribution in [0, 0.1) is 0 Å². The topological polar surface area (TPSA) is 128 Å². The van der Waals surface area contributed by atoms with E-state index in [0.717, 1.165) is 19.4 Å². The van der Waals surface area contributed by atoms with Crippen molar-refractivity contribution in [3.05, 3.63) is 21.7 Å². The maximum Gasteiger partial charge on any atom is 0.303 e. The van der Waals surface area contributed by atoms with Crippen LogP contribution in [0.1, 0.15) is 13.8 Å². The molecule has 110 valence electrons. The normalized spacial score (nSPS) is 13.4. The van der Waals surface area contributed by atoms with Crippen LogP contribution in [0.25, 0.3) is 10.4 Å². The van der Waals surface area contributed by atoms with E-state index in [9.17, 15) is 14.4 Å². The molecule has 0 saturated heterocycles. The van der Waals surface area contributed by atoms with Crippen LogP contribution in [-0.4, -0.2) is 37.2 Å². The van der Waals surface area contributed by atoms with Crippen molar-refractivity contribution in [1.29, 1.82) is 0 Å². The summed E-state index contributed by atoms with van der Waals surface area (Å²) in [6.07, 6.45) is -2.50. The second-order valence-electron chi connectivity index (χ2n) is 3.33. The van der Waals surface area contributed by atoms with Crippen LogP contribution in [0.2, 0.25) is 0 Å². The highest BCUT2D eigenvalue weighted by atomic mass is 35.5. The SMILES string of the molecule is CC(=O)OC[C@@H](OC=O)[C@@H](OC(C)=O)/C(=C/Cl)N=[N+]=[N-]. The van der Waals surface area contributed by atoms with Gasteiger partial charge in [-0.3, -0.25) is 14.4 Å². The molecule has 10 heteroatoms.